The van der Waals surface area contributed by atoms with Crippen LogP contribution in [0.1, 0.15) is 16.6 Å². The maximum absolute atomic E-state index is 12.1. The number of hydrogen-bond acceptors (Lipinski definition) is 5. The first-order chi connectivity index (χ1) is 9.38. The maximum Gasteiger partial charge on any atom is 0.345 e. The topological polar surface area (TPSA) is 101 Å². The molecule has 0 saturated heterocycles. The molecule has 0 fully saturated rings. The molecule has 0 aliphatic heterocycles. The molecular formula is C11H13N3O4S2. The zero-order valence-electron chi connectivity index (χ0n) is 10.6. The minimum Gasteiger partial charge on any atom is -0.477 e. The van der Waals surface area contributed by atoms with Crippen molar-refractivity contribution in [3.8, 4) is 0 Å². The summed E-state index contributed by atoms with van der Waals surface area (Å²) in [6, 6.07) is 2.53. The third-order valence-corrected chi connectivity index (χ3v) is 5.11. The third kappa shape index (κ3) is 3.44. The Labute approximate surface area is 119 Å². The van der Waals surface area contributed by atoms with E-state index in [-0.39, 0.29) is 15.8 Å². The Morgan fingerprint density at radius 3 is 2.90 bits per heavy atom. The van der Waals surface area contributed by atoms with Crippen molar-refractivity contribution in [3.05, 3.63) is 34.8 Å². The van der Waals surface area contributed by atoms with Gasteiger partial charge in [-0.2, -0.15) is 5.10 Å². The van der Waals surface area contributed by atoms with Crippen molar-refractivity contribution >= 4 is 27.3 Å². The minimum absolute atomic E-state index is 0.00916. The molecule has 2 rings (SSSR count). The SMILES string of the molecule is CC(Cn1cccn1)NS(=O)(=O)c1csc(C(=O)O)c1. The lowest BCUT2D eigenvalue weighted by molar-refractivity contribution is 0.0702. The van der Waals surface area contributed by atoms with E-state index in [9.17, 15) is 13.2 Å². The third-order valence-electron chi connectivity index (χ3n) is 2.47. The summed E-state index contributed by atoms with van der Waals surface area (Å²) in [5.74, 6) is -1.14. The molecule has 20 heavy (non-hydrogen) atoms. The normalized spacial score (nSPS) is 13.2. The van der Waals surface area contributed by atoms with Gasteiger partial charge in [0, 0.05) is 23.8 Å². The largest absolute Gasteiger partial charge is 0.477 e. The molecular weight excluding hydrogens is 302 g/mol. The Morgan fingerprint density at radius 2 is 2.35 bits per heavy atom. The first-order valence-corrected chi connectivity index (χ1v) is 8.06. The van der Waals surface area contributed by atoms with Crippen molar-refractivity contribution in [2.75, 3.05) is 0 Å². The zero-order chi connectivity index (χ0) is 14.8. The van der Waals surface area contributed by atoms with Gasteiger partial charge in [-0.05, 0) is 19.1 Å². The van der Waals surface area contributed by atoms with Gasteiger partial charge in [-0.3, -0.25) is 4.68 Å². The van der Waals surface area contributed by atoms with E-state index >= 15 is 0 Å². The average molecular weight is 315 g/mol. The molecule has 0 spiro atoms. The highest BCUT2D eigenvalue weighted by Gasteiger charge is 2.20. The van der Waals surface area contributed by atoms with Crippen LogP contribution < -0.4 is 4.72 Å². The number of aromatic nitrogens is 2. The fourth-order valence-corrected chi connectivity index (χ4v) is 3.98. The smallest absolute Gasteiger partial charge is 0.345 e. The number of thiophene rings is 1. The van der Waals surface area contributed by atoms with Crippen molar-refractivity contribution < 1.29 is 18.3 Å². The molecule has 0 aliphatic rings. The second kappa shape index (κ2) is 5.73. The molecule has 0 radical (unpaired) electrons. The van der Waals surface area contributed by atoms with E-state index in [1.54, 1.807) is 30.1 Å². The van der Waals surface area contributed by atoms with E-state index in [1.807, 2.05) is 0 Å². The van der Waals surface area contributed by atoms with Crippen molar-refractivity contribution in [2.24, 2.45) is 0 Å². The maximum atomic E-state index is 12.1. The number of carboxylic acid groups (broad SMARTS) is 1. The van der Waals surface area contributed by atoms with Gasteiger partial charge in [-0.1, -0.05) is 0 Å². The molecule has 0 aliphatic carbocycles. The number of sulfonamides is 1. The molecule has 108 valence electrons. The molecule has 1 unspecified atom stereocenters. The predicted octanol–water partition coefficient (Wildman–Crippen LogP) is 1.01. The number of rotatable bonds is 6. The van der Waals surface area contributed by atoms with Crippen LogP contribution in [0.5, 0.6) is 0 Å². The Bertz CT molecular complexity index is 691. The minimum atomic E-state index is -3.72. The summed E-state index contributed by atoms with van der Waals surface area (Å²) in [7, 11) is -3.72. The highest BCUT2D eigenvalue weighted by atomic mass is 32.2. The molecule has 1 atom stereocenters. The molecule has 0 amide bonds. The molecule has 0 bridgehead atoms. The number of carboxylic acids is 1. The highest BCUT2D eigenvalue weighted by molar-refractivity contribution is 7.89. The van der Waals surface area contributed by atoms with Gasteiger partial charge >= 0.3 is 5.97 Å². The second-order valence-corrected chi connectivity index (χ2v) is 6.83. The van der Waals surface area contributed by atoms with Crippen LogP contribution in [0.4, 0.5) is 0 Å². The van der Waals surface area contributed by atoms with Gasteiger partial charge in [0.15, 0.2) is 0 Å². The van der Waals surface area contributed by atoms with Crippen LogP contribution in [0.15, 0.2) is 34.8 Å². The lowest BCUT2D eigenvalue weighted by atomic mass is 10.4. The quantitative estimate of drug-likeness (QED) is 0.828. The van der Waals surface area contributed by atoms with Crippen molar-refractivity contribution in [1.29, 1.82) is 0 Å². The van der Waals surface area contributed by atoms with Gasteiger partial charge in [-0.15, -0.1) is 11.3 Å². The lowest BCUT2D eigenvalue weighted by Gasteiger charge is -2.13. The summed E-state index contributed by atoms with van der Waals surface area (Å²) in [6.45, 7) is 2.10. The van der Waals surface area contributed by atoms with Crippen LogP contribution in [-0.4, -0.2) is 35.3 Å². The molecule has 2 aromatic heterocycles. The van der Waals surface area contributed by atoms with Crippen LogP contribution in [0, 0.1) is 0 Å². The summed E-state index contributed by atoms with van der Waals surface area (Å²) in [4.78, 5) is 10.7. The van der Waals surface area contributed by atoms with Crippen LogP contribution in [-0.2, 0) is 16.6 Å². The van der Waals surface area contributed by atoms with E-state index in [0.29, 0.717) is 6.54 Å². The predicted molar refractivity (Wildman–Crippen MR) is 73.3 cm³/mol. The van der Waals surface area contributed by atoms with Crippen LogP contribution in [0.3, 0.4) is 0 Å². The van der Waals surface area contributed by atoms with Crippen molar-refractivity contribution in [1.82, 2.24) is 14.5 Å². The first kappa shape index (κ1) is 14.7. The Hall–Kier alpha value is -1.71. The van der Waals surface area contributed by atoms with E-state index in [4.69, 9.17) is 5.11 Å². The zero-order valence-corrected chi connectivity index (χ0v) is 12.2. The fourth-order valence-electron chi connectivity index (χ4n) is 1.63. The lowest BCUT2D eigenvalue weighted by Crippen LogP contribution is -2.35. The summed E-state index contributed by atoms with van der Waals surface area (Å²) in [5.41, 5.74) is 0. The summed E-state index contributed by atoms with van der Waals surface area (Å²) < 4.78 is 28.3. The Kier molecular flexibility index (Phi) is 4.21. The number of hydrogen-bond donors (Lipinski definition) is 2. The standard InChI is InChI=1S/C11H13N3O4S2/c1-8(6-14-4-2-3-12-14)13-20(17,18)9-5-10(11(15)16)19-7-9/h2-5,7-8,13H,6H2,1H3,(H,15,16). The molecule has 0 saturated carbocycles. The molecule has 2 aromatic rings. The number of carbonyl (C=O) groups is 1. The molecule has 0 aromatic carbocycles. The fraction of sp³-hybridized carbons (Fsp3) is 0.273. The Balaban J connectivity index is 2.08. The van der Waals surface area contributed by atoms with E-state index in [2.05, 4.69) is 9.82 Å². The van der Waals surface area contributed by atoms with Gasteiger partial charge in [0.2, 0.25) is 10.0 Å². The van der Waals surface area contributed by atoms with Crippen molar-refractivity contribution in [2.45, 2.75) is 24.4 Å². The van der Waals surface area contributed by atoms with E-state index in [1.165, 1.54) is 5.38 Å². The van der Waals surface area contributed by atoms with Gasteiger partial charge in [-0.25, -0.2) is 17.9 Å². The van der Waals surface area contributed by atoms with Gasteiger partial charge in [0.1, 0.15) is 4.88 Å². The van der Waals surface area contributed by atoms with Crippen LogP contribution in [0.2, 0.25) is 0 Å². The number of nitrogens with zero attached hydrogens (tertiary/aromatic N) is 2. The second-order valence-electron chi connectivity index (χ2n) is 4.20. The number of aromatic carboxylic acids is 1. The average Bonchev–Trinajstić information content (AvgIpc) is 2.97. The van der Waals surface area contributed by atoms with Gasteiger partial charge in [0.25, 0.3) is 0 Å². The summed E-state index contributed by atoms with van der Waals surface area (Å²) in [5, 5.41) is 14.1. The molecule has 9 heteroatoms. The molecule has 2 N–H and O–H groups in total. The van der Waals surface area contributed by atoms with Gasteiger partial charge < -0.3 is 5.11 Å². The van der Waals surface area contributed by atoms with E-state index < -0.39 is 16.0 Å². The summed E-state index contributed by atoms with van der Waals surface area (Å²) >= 11 is 0.881. The first-order valence-electron chi connectivity index (χ1n) is 5.70. The summed E-state index contributed by atoms with van der Waals surface area (Å²) in [6.07, 6.45) is 3.34. The van der Waals surface area contributed by atoms with E-state index in [0.717, 1.165) is 17.4 Å². The Morgan fingerprint density at radius 1 is 1.60 bits per heavy atom. The number of nitrogens with one attached hydrogen (secondary N) is 1. The highest BCUT2D eigenvalue weighted by Crippen LogP contribution is 2.19. The monoisotopic (exact) mass is 315 g/mol. The van der Waals surface area contributed by atoms with Gasteiger partial charge in [0.05, 0.1) is 11.4 Å². The van der Waals surface area contributed by atoms with Crippen molar-refractivity contribution in [3.63, 3.8) is 0 Å². The van der Waals surface area contributed by atoms with Crippen LogP contribution >= 0.6 is 11.3 Å². The molecule has 7 nitrogen and oxygen atoms in total. The molecule has 2 heterocycles. The van der Waals surface area contributed by atoms with Crippen LogP contribution in [0.25, 0.3) is 0 Å².